The highest BCUT2D eigenvalue weighted by Gasteiger charge is 2.20. The summed E-state index contributed by atoms with van der Waals surface area (Å²) in [6.07, 6.45) is 5.36. The number of carbonyl (C=O) groups excluding carboxylic acids is 1. The Kier molecular flexibility index (Phi) is 5.85. The molecule has 0 radical (unpaired) electrons. The largest absolute Gasteiger partial charge is 0.478 e. The van der Waals surface area contributed by atoms with E-state index < -0.39 is 5.97 Å². The number of aromatic carboxylic acids is 1. The van der Waals surface area contributed by atoms with Crippen LogP contribution in [0.25, 0.3) is 27.4 Å². The predicted molar refractivity (Wildman–Crippen MR) is 140 cm³/mol. The van der Waals surface area contributed by atoms with Gasteiger partial charge < -0.3 is 14.9 Å². The van der Waals surface area contributed by atoms with Crippen LogP contribution in [0.4, 0.5) is 0 Å². The first-order valence-corrected chi connectivity index (χ1v) is 11.9. The Morgan fingerprint density at radius 3 is 2.47 bits per heavy atom. The maximum atomic E-state index is 13.5. The number of pyridine rings is 1. The van der Waals surface area contributed by atoms with Crippen molar-refractivity contribution in [3.05, 3.63) is 119 Å². The van der Waals surface area contributed by atoms with E-state index in [1.54, 1.807) is 35.1 Å². The Labute approximate surface area is 216 Å². The van der Waals surface area contributed by atoms with Gasteiger partial charge in [-0.1, -0.05) is 65.0 Å². The van der Waals surface area contributed by atoms with Gasteiger partial charge in [0.15, 0.2) is 0 Å². The van der Waals surface area contributed by atoms with Gasteiger partial charge in [0.2, 0.25) is 0 Å². The molecule has 3 heterocycles. The molecule has 3 aromatic carbocycles. The average molecular weight is 504 g/mol. The van der Waals surface area contributed by atoms with E-state index in [1.165, 1.54) is 18.4 Å². The van der Waals surface area contributed by atoms with E-state index in [9.17, 15) is 9.59 Å². The zero-order valence-electron chi connectivity index (χ0n) is 20.0. The SMILES string of the molecule is O=C(O)c1ccc(CNC(=O)c2cc(-c3cnoc3)cn3nnc(Cc4ccc5ccccc5c4)c23)cc1. The van der Waals surface area contributed by atoms with Gasteiger partial charge in [-0.3, -0.25) is 4.79 Å². The molecule has 6 rings (SSSR count). The molecule has 0 saturated heterocycles. The van der Waals surface area contributed by atoms with E-state index in [0.29, 0.717) is 34.3 Å². The fourth-order valence-electron chi connectivity index (χ4n) is 4.47. The number of nitrogens with zero attached hydrogens (tertiary/aromatic N) is 4. The highest BCUT2D eigenvalue weighted by atomic mass is 16.5. The van der Waals surface area contributed by atoms with Gasteiger partial charge in [0.25, 0.3) is 5.91 Å². The molecule has 0 aliphatic carbocycles. The predicted octanol–water partition coefficient (Wildman–Crippen LogP) is 4.76. The van der Waals surface area contributed by atoms with E-state index in [2.05, 4.69) is 51.1 Å². The van der Waals surface area contributed by atoms with Crippen molar-refractivity contribution in [3.63, 3.8) is 0 Å². The van der Waals surface area contributed by atoms with E-state index in [0.717, 1.165) is 21.9 Å². The van der Waals surface area contributed by atoms with Crippen molar-refractivity contribution < 1.29 is 19.2 Å². The van der Waals surface area contributed by atoms with Crippen LogP contribution in [0.1, 0.15) is 37.5 Å². The minimum atomic E-state index is -0.999. The Hall–Kier alpha value is -5.31. The number of nitrogens with one attached hydrogen (secondary N) is 1. The number of hydrogen-bond donors (Lipinski definition) is 2. The van der Waals surface area contributed by atoms with Crippen molar-refractivity contribution in [1.82, 2.24) is 25.3 Å². The number of amides is 1. The molecule has 1 amide bonds. The topological polar surface area (TPSA) is 123 Å². The number of hydrogen-bond acceptors (Lipinski definition) is 6. The maximum Gasteiger partial charge on any atom is 0.335 e. The van der Waals surface area contributed by atoms with Crippen LogP contribution < -0.4 is 5.32 Å². The van der Waals surface area contributed by atoms with Gasteiger partial charge in [-0.25, -0.2) is 9.31 Å². The summed E-state index contributed by atoms with van der Waals surface area (Å²) in [6, 6.07) is 22.5. The standard InChI is InChI=1S/C29H21N5O4/c35-28(30-14-18-5-9-21(10-6-18)29(36)37)25-13-23(24-15-31-38-17-24)16-34-27(25)26(32-33-34)12-19-7-8-20-3-1-2-4-22(20)11-19/h1-11,13,15-17H,12,14H2,(H,30,35)(H,36,37). The van der Waals surface area contributed by atoms with Gasteiger partial charge in [-0.05, 0) is 40.1 Å². The second kappa shape index (κ2) is 9.62. The molecule has 0 bridgehead atoms. The quantitative estimate of drug-likeness (QED) is 0.322. The number of carboxylic acids is 1. The second-order valence-corrected chi connectivity index (χ2v) is 8.93. The van der Waals surface area contributed by atoms with E-state index in [4.69, 9.17) is 9.63 Å². The molecule has 0 fully saturated rings. The normalized spacial score (nSPS) is 11.2. The van der Waals surface area contributed by atoms with Gasteiger partial charge in [0, 0.05) is 30.3 Å². The van der Waals surface area contributed by atoms with Crippen LogP contribution in [0.3, 0.4) is 0 Å². The fraction of sp³-hybridized carbons (Fsp3) is 0.0690. The van der Waals surface area contributed by atoms with Crippen molar-refractivity contribution in [3.8, 4) is 11.1 Å². The van der Waals surface area contributed by atoms with Crippen molar-refractivity contribution in [1.29, 1.82) is 0 Å². The Balaban J connectivity index is 1.35. The third kappa shape index (κ3) is 4.48. The number of carbonyl (C=O) groups is 2. The summed E-state index contributed by atoms with van der Waals surface area (Å²) in [5.41, 5.74) is 5.12. The summed E-state index contributed by atoms with van der Waals surface area (Å²) in [6.45, 7) is 0.226. The van der Waals surface area contributed by atoms with Gasteiger partial charge in [-0.15, -0.1) is 5.10 Å². The first-order chi connectivity index (χ1) is 18.5. The van der Waals surface area contributed by atoms with Crippen LogP contribution in [-0.4, -0.2) is 37.0 Å². The summed E-state index contributed by atoms with van der Waals surface area (Å²) < 4.78 is 6.60. The zero-order chi connectivity index (χ0) is 26.1. The molecular formula is C29H21N5O4. The minimum Gasteiger partial charge on any atom is -0.478 e. The molecule has 186 valence electrons. The molecule has 3 aromatic heterocycles. The Morgan fingerprint density at radius 1 is 0.921 bits per heavy atom. The van der Waals surface area contributed by atoms with Crippen molar-refractivity contribution in [2.24, 2.45) is 0 Å². The van der Waals surface area contributed by atoms with E-state index in [-0.39, 0.29) is 18.0 Å². The third-order valence-corrected chi connectivity index (χ3v) is 6.43. The number of carboxylic acid groups (broad SMARTS) is 1. The van der Waals surface area contributed by atoms with E-state index in [1.807, 2.05) is 12.1 Å². The van der Waals surface area contributed by atoms with E-state index >= 15 is 0 Å². The van der Waals surface area contributed by atoms with Gasteiger partial charge in [-0.2, -0.15) is 0 Å². The van der Waals surface area contributed by atoms with Crippen LogP contribution in [0.2, 0.25) is 0 Å². The second-order valence-electron chi connectivity index (χ2n) is 8.93. The molecule has 0 spiro atoms. The van der Waals surface area contributed by atoms with Gasteiger partial charge in [0.05, 0.1) is 23.0 Å². The van der Waals surface area contributed by atoms with Crippen LogP contribution in [0.15, 0.2) is 96.0 Å². The highest BCUT2D eigenvalue weighted by Crippen LogP contribution is 2.26. The average Bonchev–Trinajstić information content (AvgIpc) is 3.62. The van der Waals surface area contributed by atoms with Crippen LogP contribution in [-0.2, 0) is 13.0 Å². The lowest BCUT2D eigenvalue weighted by Crippen LogP contribution is -2.24. The number of fused-ring (bicyclic) bond motifs is 2. The molecule has 0 saturated carbocycles. The molecule has 2 N–H and O–H groups in total. The molecule has 0 atom stereocenters. The molecular weight excluding hydrogens is 482 g/mol. The van der Waals surface area contributed by atoms with Crippen molar-refractivity contribution >= 4 is 28.2 Å². The zero-order valence-corrected chi connectivity index (χ0v) is 20.0. The molecule has 0 aliphatic rings. The van der Waals surface area contributed by atoms with Crippen LogP contribution >= 0.6 is 0 Å². The lowest BCUT2D eigenvalue weighted by atomic mass is 10.0. The van der Waals surface area contributed by atoms with Crippen LogP contribution in [0.5, 0.6) is 0 Å². The smallest absolute Gasteiger partial charge is 0.335 e. The first kappa shape index (κ1) is 23.1. The van der Waals surface area contributed by atoms with Crippen molar-refractivity contribution in [2.45, 2.75) is 13.0 Å². The first-order valence-electron chi connectivity index (χ1n) is 11.9. The molecule has 38 heavy (non-hydrogen) atoms. The third-order valence-electron chi connectivity index (χ3n) is 6.43. The van der Waals surface area contributed by atoms with Gasteiger partial charge >= 0.3 is 5.97 Å². The summed E-state index contributed by atoms with van der Waals surface area (Å²) in [5, 5.41) is 26.8. The minimum absolute atomic E-state index is 0.187. The van der Waals surface area contributed by atoms with Crippen LogP contribution in [0, 0.1) is 0 Å². The molecule has 6 aromatic rings. The highest BCUT2D eigenvalue weighted by molar-refractivity contribution is 6.02. The molecule has 9 nitrogen and oxygen atoms in total. The molecule has 0 aliphatic heterocycles. The molecule has 0 unspecified atom stereocenters. The number of rotatable bonds is 7. The lowest BCUT2D eigenvalue weighted by molar-refractivity contribution is 0.0696. The summed E-state index contributed by atoms with van der Waals surface area (Å²) in [5.74, 6) is -1.31. The summed E-state index contributed by atoms with van der Waals surface area (Å²) >= 11 is 0. The fourth-order valence-corrected chi connectivity index (χ4v) is 4.47. The van der Waals surface area contributed by atoms with Crippen molar-refractivity contribution in [2.75, 3.05) is 0 Å². The number of benzene rings is 3. The lowest BCUT2D eigenvalue weighted by Gasteiger charge is -2.10. The summed E-state index contributed by atoms with van der Waals surface area (Å²) in [4.78, 5) is 24.6. The monoisotopic (exact) mass is 503 g/mol. The Morgan fingerprint density at radius 2 is 1.71 bits per heavy atom. The number of aromatic nitrogens is 4. The van der Waals surface area contributed by atoms with Gasteiger partial charge in [0.1, 0.15) is 11.8 Å². The summed E-state index contributed by atoms with van der Waals surface area (Å²) in [7, 11) is 0. The maximum absolute atomic E-state index is 13.5. The Bertz CT molecular complexity index is 1790. The molecule has 9 heteroatoms.